The Hall–Kier alpha value is -0.610. The van der Waals surface area contributed by atoms with E-state index in [1.165, 1.54) is 0 Å². The van der Waals surface area contributed by atoms with Crippen LogP contribution in [-0.2, 0) is 9.53 Å². The fraction of sp³-hybridized carbons (Fsp3) is 0.929. The van der Waals surface area contributed by atoms with Gasteiger partial charge in [-0.05, 0) is 51.4 Å². The molecule has 0 heterocycles. The molecule has 1 aliphatic carbocycles. The molecule has 0 spiro atoms. The second-order valence-electron chi connectivity index (χ2n) is 5.96. The second-order valence-corrected chi connectivity index (χ2v) is 5.96. The fourth-order valence-electron chi connectivity index (χ4n) is 2.65. The van der Waals surface area contributed by atoms with E-state index < -0.39 is 23.8 Å². The maximum Gasteiger partial charge on any atom is 0.335 e. The fourth-order valence-corrected chi connectivity index (χ4v) is 2.65. The van der Waals surface area contributed by atoms with E-state index in [0.29, 0.717) is 24.7 Å². The Morgan fingerprint density at radius 1 is 1.33 bits per heavy atom. The Morgan fingerprint density at radius 2 is 1.94 bits per heavy atom. The number of hydrogen-bond donors (Lipinski definition) is 2. The van der Waals surface area contributed by atoms with E-state index in [4.69, 9.17) is 4.74 Å². The monoisotopic (exact) mass is 258 g/mol. The molecule has 1 rings (SSSR count). The summed E-state index contributed by atoms with van der Waals surface area (Å²) in [5.41, 5.74) is -1.11. The van der Waals surface area contributed by atoms with Gasteiger partial charge in [0.2, 0.25) is 0 Å². The van der Waals surface area contributed by atoms with Crippen molar-refractivity contribution in [3.8, 4) is 0 Å². The lowest BCUT2D eigenvalue weighted by Gasteiger charge is -2.41. The van der Waals surface area contributed by atoms with Crippen LogP contribution >= 0.6 is 0 Å². The molecule has 0 aliphatic heterocycles. The van der Waals surface area contributed by atoms with Crippen LogP contribution in [0.15, 0.2) is 0 Å². The van der Waals surface area contributed by atoms with Crippen molar-refractivity contribution in [2.24, 2.45) is 11.8 Å². The summed E-state index contributed by atoms with van der Waals surface area (Å²) < 4.78 is 5.73. The molecule has 0 aromatic rings. The van der Waals surface area contributed by atoms with E-state index in [2.05, 4.69) is 13.8 Å². The Morgan fingerprint density at radius 3 is 2.39 bits per heavy atom. The minimum atomic E-state index is -1.11. The van der Waals surface area contributed by atoms with Crippen molar-refractivity contribution in [2.45, 2.75) is 71.2 Å². The molecule has 4 atom stereocenters. The summed E-state index contributed by atoms with van der Waals surface area (Å²) in [6, 6.07) is 0. The predicted octanol–water partition coefficient (Wildman–Crippen LogP) is 2.44. The molecule has 0 aromatic carbocycles. The highest BCUT2D eigenvalue weighted by Gasteiger charge is 2.46. The highest BCUT2D eigenvalue weighted by Crippen LogP contribution is 2.39. The van der Waals surface area contributed by atoms with Gasteiger partial charge in [-0.25, -0.2) is 4.79 Å². The first-order valence-electron chi connectivity index (χ1n) is 6.88. The van der Waals surface area contributed by atoms with Gasteiger partial charge in [-0.1, -0.05) is 13.8 Å². The number of aliphatic hydroxyl groups is 1. The number of aliphatic hydroxyl groups excluding tert-OH is 1. The topological polar surface area (TPSA) is 66.8 Å². The summed E-state index contributed by atoms with van der Waals surface area (Å²) in [6.07, 6.45) is 1.94. The smallest absolute Gasteiger partial charge is 0.335 e. The zero-order valence-corrected chi connectivity index (χ0v) is 11.8. The van der Waals surface area contributed by atoms with Gasteiger partial charge in [0.15, 0.2) is 5.60 Å². The Kier molecular flexibility index (Phi) is 5.17. The molecule has 0 bridgehead atoms. The van der Waals surface area contributed by atoms with E-state index >= 15 is 0 Å². The molecule has 4 unspecified atom stereocenters. The standard InChI is InChI=1S/C14H26O4/c1-9(2)12-6-5-7-14(8-12,13(16)17)18-11(4)10(3)15/h9-12,15H,5-8H2,1-4H3,(H,16,17). The van der Waals surface area contributed by atoms with E-state index in [-0.39, 0.29) is 0 Å². The highest BCUT2D eigenvalue weighted by atomic mass is 16.5. The molecule has 18 heavy (non-hydrogen) atoms. The zero-order valence-electron chi connectivity index (χ0n) is 11.8. The minimum absolute atomic E-state index is 0.385. The zero-order chi connectivity index (χ0) is 13.9. The van der Waals surface area contributed by atoms with Gasteiger partial charge >= 0.3 is 5.97 Å². The number of ether oxygens (including phenoxy) is 1. The number of carbonyl (C=O) groups is 1. The first-order valence-corrected chi connectivity index (χ1v) is 6.88. The molecule has 0 amide bonds. The van der Waals surface area contributed by atoms with Gasteiger partial charge in [-0.15, -0.1) is 0 Å². The van der Waals surface area contributed by atoms with Crippen LogP contribution < -0.4 is 0 Å². The van der Waals surface area contributed by atoms with Gasteiger partial charge in [-0.3, -0.25) is 0 Å². The maximum absolute atomic E-state index is 11.6. The van der Waals surface area contributed by atoms with Crippen molar-refractivity contribution in [1.82, 2.24) is 0 Å². The molecular weight excluding hydrogens is 232 g/mol. The molecule has 4 nitrogen and oxygen atoms in total. The molecule has 0 aromatic heterocycles. The van der Waals surface area contributed by atoms with Gasteiger partial charge in [-0.2, -0.15) is 0 Å². The largest absolute Gasteiger partial charge is 0.479 e. The SMILES string of the molecule is CC(C)C1CCCC(OC(C)C(C)O)(C(=O)O)C1. The summed E-state index contributed by atoms with van der Waals surface area (Å²) in [4.78, 5) is 11.6. The summed E-state index contributed by atoms with van der Waals surface area (Å²) in [7, 11) is 0. The van der Waals surface area contributed by atoms with Crippen LogP contribution in [0, 0.1) is 11.8 Å². The van der Waals surface area contributed by atoms with Crippen molar-refractivity contribution in [3.63, 3.8) is 0 Å². The third-order valence-corrected chi connectivity index (χ3v) is 4.17. The summed E-state index contributed by atoms with van der Waals surface area (Å²) in [6.45, 7) is 7.61. The summed E-state index contributed by atoms with van der Waals surface area (Å²) >= 11 is 0. The van der Waals surface area contributed by atoms with Crippen molar-refractivity contribution in [3.05, 3.63) is 0 Å². The highest BCUT2D eigenvalue weighted by molar-refractivity contribution is 5.77. The Labute approximate surface area is 109 Å². The number of rotatable bonds is 5. The van der Waals surface area contributed by atoms with Crippen molar-refractivity contribution in [1.29, 1.82) is 0 Å². The lowest BCUT2D eigenvalue weighted by Crippen LogP contribution is -2.49. The number of carboxylic acids is 1. The van der Waals surface area contributed by atoms with E-state index in [1.54, 1.807) is 13.8 Å². The summed E-state index contributed by atoms with van der Waals surface area (Å²) in [5.74, 6) is -0.0362. The Bertz CT molecular complexity index is 284. The summed E-state index contributed by atoms with van der Waals surface area (Å²) in [5, 5.41) is 19.0. The van der Waals surface area contributed by atoms with Crippen LogP contribution in [0.25, 0.3) is 0 Å². The van der Waals surface area contributed by atoms with E-state index in [1.807, 2.05) is 0 Å². The number of carboxylic acid groups (broad SMARTS) is 1. The number of aliphatic carboxylic acids is 1. The average molecular weight is 258 g/mol. The van der Waals surface area contributed by atoms with E-state index in [9.17, 15) is 15.0 Å². The van der Waals surface area contributed by atoms with E-state index in [0.717, 1.165) is 12.8 Å². The first-order chi connectivity index (χ1) is 8.28. The van der Waals surface area contributed by atoms with Crippen LogP contribution in [-0.4, -0.2) is 34.0 Å². The van der Waals surface area contributed by atoms with Gasteiger partial charge < -0.3 is 14.9 Å². The molecular formula is C14H26O4. The quantitative estimate of drug-likeness (QED) is 0.795. The Balaban J connectivity index is 2.83. The molecule has 1 saturated carbocycles. The van der Waals surface area contributed by atoms with Crippen molar-refractivity contribution >= 4 is 5.97 Å². The molecule has 4 heteroatoms. The van der Waals surface area contributed by atoms with Crippen molar-refractivity contribution in [2.75, 3.05) is 0 Å². The minimum Gasteiger partial charge on any atom is -0.479 e. The molecule has 2 N–H and O–H groups in total. The second kappa shape index (κ2) is 6.02. The van der Waals surface area contributed by atoms with Crippen LogP contribution in [0.4, 0.5) is 0 Å². The molecule has 0 radical (unpaired) electrons. The molecule has 106 valence electrons. The average Bonchev–Trinajstić information content (AvgIpc) is 2.28. The number of hydrogen-bond acceptors (Lipinski definition) is 3. The first kappa shape index (κ1) is 15.4. The maximum atomic E-state index is 11.6. The molecule has 1 aliphatic rings. The normalized spacial score (nSPS) is 32.2. The molecule has 0 saturated heterocycles. The van der Waals surface area contributed by atoms with Gasteiger partial charge in [0.1, 0.15) is 0 Å². The molecule has 1 fully saturated rings. The van der Waals surface area contributed by atoms with Gasteiger partial charge in [0.25, 0.3) is 0 Å². The van der Waals surface area contributed by atoms with Gasteiger partial charge in [0, 0.05) is 0 Å². The lowest BCUT2D eigenvalue weighted by molar-refractivity contribution is -0.190. The predicted molar refractivity (Wildman–Crippen MR) is 69.4 cm³/mol. The third kappa shape index (κ3) is 3.45. The van der Waals surface area contributed by atoms with Gasteiger partial charge in [0.05, 0.1) is 12.2 Å². The van der Waals surface area contributed by atoms with Crippen molar-refractivity contribution < 1.29 is 19.7 Å². The van der Waals surface area contributed by atoms with Crippen LogP contribution in [0.1, 0.15) is 53.4 Å². The van der Waals surface area contributed by atoms with Crippen LogP contribution in [0.3, 0.4) is 0 Å². The van der Waals surface area contributed by atoms with Crippen LogP contribution in [0.5, 0.6) is 0 Å². The lowest BCUT2D eigenvalue weighted by atomic mass is 9.73. The van der Waals surface area contributed by atoms with Crippen LogP contribution in [0.2, 0.25) is 0 Å². The third-order valence-electron chi connectivity index (χ3n) is 4.17.